The van der Waals surface area contributed by atoms with Gasteiger partial charge >= 0.3 is 6.18 Å². The smallest absolute Gasteiger partial charge is 0.355 e. The Bertz CT molecular complexity index is 485. The van der Waals surface area contributed by atoms with Crippen LogP contribution in [0.25, 0.3) is 0 Å². The van der Waals surface area contributed by atoms with E-state index in [9.17, 15) is 23.3 Å². The first-order chi connectivity index (χ1) is 8.89. The van der Waals surface area contributed by atoms with Gasteiger partial charge in [0, 0.05) is 6.07 Å². The molecule has 1 aromatic rings. The maximum absolute atomic E-state index is 12.6. The number of halogens is 3. The number of piperazine rings is 1. The molecule has 0 radical (unpaired) electrons. The highest BCUT2D eigenvalue weighted by atomic mass is 19.4. The first-order valence-corrected chi connectivity index (χ1v) is 5.82. The van der Waals surface area contributed by atoms with E-state index in [0.717, 1.165) is 19.2 Å². The molecular formula is C11H13F3N3O2+. The van der Waals surface area contributed by atoms with Crippen LogP contribution in [0.5, 0.6) is 0 Å². The maximum atomic E-state index is 12.6. The van der Waals surface area contributed by atoms with Gasteiger partial charge in [-0.15, -0.1) is 0 Å². The number of nitro benzene ring substituents is 1. The molecule has 5 nitrogen and oxygen atoms in total. The van der Waals surface area contributed by atoms with Crippen molar-refractivity contribution in [3.63, 3.8) is 0 Å². The van der Waals surface area contributed by atoms with Gasteiger partial charge in [-0.05, 0) is 12.1 Å². The lowest BCUT2D eigenvalue weighted by Gasteiger charge is -2.27. The van der Waals surface area contributed by atoms with Crippen LogP contribution in [0.4, 0.5) is 24.5 Å². The molecule has 0 spiro atoms. The normalized spacial score (nSPS) is 16.5. The van der Waals surface area contributed by atoms with E-state index in [1.807, 2.05) is 0 Å². The molecule has 0 unspecified atom stereocenters. The lowest BCUT2D eigenvalue weighted by atomic mass is 10.1. The van der Waals surface area contributed by atoms with Gasteiger partial charge in [-0.25, -0.2) is 0 Å². The zero-order valence-corrected chi connectivity index (χ0v) is 9.98. The summed E-state index contributed by atoms with van der Waals surface area (Å²) in [6, 6.07) is 2.68. The number of benzene rings is 1. The molecule has 1 aromatic carbocycles. The predicted molar refractivity (Wildman–Crippen MR) is 62.0 cm³/mol. The van der Waals surface area contributed by atoms with Gasteiger partial charge in [0.15, 0.2) is 0 Å². The van der Waals surface area contributed by atoms with Crippen molar-refractivity contribution in [1.82, 2.24) is 0 Å². The molecule has 1 aliphatic rings. The summed E-state index contributed by atoms with van der Waals surface area (Å²) in [4.78, 5) is 11.9. The molecule has 1 aliphatic heterocycles. The molecule has 0 aliphatic carbocycles. The molecule has 2 rings (SSSR count). The standard InChI is InChI=1S/C11H12F3N3O2/c12-11(13,14)8-1-2-9(10(7-8)17(18)19)16-5-3-15-4-6-16/h1-2,7,15H,3-6H2/p+1. The maximum Gasteiger partial charge on any atom is 0.416 e. The second-order valence-electron chi connectivity index (χ2n) is 4.31. The molecule has 19 heavy (non-hydrogen) atoms. The van der Waals surface area contributed by atoms with Gasteiger partial charge in [-0.1, -0.05) is 0 Å². The van der Waals surface area contributed by atoms with Crippen LogP contribution in [0.2, 0.25) is 0 Å². The number of hydrogen-bond acceptors (Lipinski definition) is 3. The number of alkyl halides is 3. The summed E-state index contributed by atoms with van der Waals surface area (Å²) < 4.78 is 37.7. The molecule has 8 heteroatoms. The lowest BCUT2D eigenvalue weighted by Crippen LogP contribution is -2.89. The molecular weight excluding hydrogens is 263 g/mol. The third-order valence-corrected chi connectivity index (χ3v) is 3.05. The second-order valence-corrected chi connectivity index (χ2v) is 4.31. The monoisotopic (exact) mass is 276 g/mol. The van der Waals surface area contributed by atoms with E-state index in [0.29, 0.717) is 19.2 Å². The number of hydrogen-bond donors (Lipinski definition) is 1. The van der Waals surface area contributed by atoms with Crippen LogP contribution in [-0.4, -0.2) is 31.1 Å². The first kappa shape index (κ1) is 13.6. The van der Waals surface area contributed by atoms with Crippen molar-refractivity contribution < 1.29 is 23.4 Å². The number of nitro groups is 1. The number of nitrogens with two attached hydrogens (primary N) is 1. The fraction of sp³-hybridized carbons (Fsp3) is 0.455. The highest BCUT2D eigenvalue weighted by molar-refractivity contribution is 5.64. The van der Waals surface area contributed by atoms with Crippen molar-refractivity contribution >= 4 is 11.4 Å². The summed E-state index contributed by atoms with van der Waals surface area (Å²) >= 11 is 0. The third-order valence-electron chi connectivity index (χ3n) is 3.05. The summed E-state index contributed by atoms with van der Waals surface area (Å²) in [5.41, 5.74) is -1.23. The number of rotatable bonds is 2. The van der Waals surface area contributed by atoms with Gasteiger partial charge in [0.05, 0.1) is 36.7 Å². The number of anilines is 1. The van der Waals surface area contributed by atoms with Crippen LogP contribution in [-0.2, 0) is 6.18 Å². The van der Waals surface area contributed by atoms with E-state index in [-0.39, 0.29) is 5.69 Å². The fourth-order valence-corrected chi connectivity index (χ4v) is 2.10. The van der Waals surface area contributed by atoms with Gasteiger partial charge < -0.3 is 10.2 Å². The Morgan fingerprint density at radius 1 is 1.26 bits per heavy atom. The van der Waals surface area contributed by atoms with Gasteiger partial charge in [-0.2, -0.15) is 13.2 Å². The van der Waals surface area contributed by atoms with Crippen LogP contribution in [0, 0.1) is 10.1 Å². The minimum Gasteiger partial charge on any atom is -0.355 e. The zero-order valence-electron chi connectivity index (χ0n) is 9.98. The second kappa shape index (κ2) is 5.04. The van der Waals surface area contributed by atoms with E-state index >= 15 is 0 Å². The van der Waals surface area contributed by atoms with Crippen molar-refractivity contribution in [3.05, 3.63) is 33.9 Å². The number of quaternary nitrogens is 1. The fourth-order valence-electron chi connectivity index (χ4n) is 2.10. The van der Waals surface area contributed by atoms with Gasteiger partial charge in [-0.3, -0.25) is 10.1 Å². The van der Waals surface area contributed by atoms with E-state index < -0.39 is 22.4 Å². The largest absolute Gasteiger partial charge is 0.416 e. The van der Waals surface area contributed by atoms with Crippen LogP contribution < -0.4 is 10.2 Å². The Hall–Kier alpha value is -1.83. The van der Waals surface area contributed by atoms with Crippen LogP contribution >= 0.6 is 0 Å². The summed E-state index contributed by atoms with van der Waals surface area (Å²) in [6.07, 6.45) is -4.57. The SMILES string of the molecule is O=[N+]([O-])c1cc(C(F)(F)F)ccc1N1CC[NH2+]CC1. The third kappa shape index (κ3) is 2.95. The average Bonchev–Trinajstić information content (AvgIpc) is 2.38. The molecule has 0 amide bonds. The van der Waals surface area contributed by atoms with E-state index in [2.05, 4.69) is 5.32 Å². The van der Waals surface area contributed by atoms with Crippen LogP contribution in [0.1, 0.15) is 5.56 Å². The minimum absolute atomic E-state index is 0.256. The van der Waals surface area contributed by atoms with Crippen LogP contribution in [0.15, 0.2) is 18.2 Å². The predicted octanol–water partition coefficient (Wildman–Crippen LogP) is 0.997. The first-order valence-electron chi connectivity index (χ1n) is 5.82. The molecule has 0 bridgehead atoms. The molecule has 0 aromatic heterocycles. The molecule has 2 N–H and O–H groups in total. The van der Waals surface area contributed by atoms with Gasteiger partial charge in [0.1, 0.15) is 5.69 Å². The van der Waals surface area contributed by atoms with E-state index in [1.54, 1.807) is 4.90 Å². The van der Waals surface area contributed by atoms with Crippen molar-refractivity contribution in [3.8, 4) is 0 Å². The minimum atomic E-state index is -4.57. The van der Waals surface area contributed by atoms with Crippen molar-refractivity contribution in [2.75, 3.05) is 31.1 Å². The highest BCUT2D eigenvalue weighted by Gasteiger charge is 2.34. The molecule has 0 saturated carbocycles. The Morgan fingerprint density at radius 3 is 2.42 bits per heavy atom. The van der Waals surface area contributed by atoms with Crippen molar-refractivity contribution in [2.24, 2.45) is 0 Å². The van der Waals surface area contributed by atoms with Gasteiger partial charge in [0.25, 0.3) is 5.69 Å². The highest BCUT2D eigenvalue weighted by Crippen LogP contribution is 2.36. The quantitative estimate of drug-likeness (QED) is 0.647. The van der Waals surface area contributed by atoms with E-state index in [1.165, 1.54) is 6.07 Å². The average molecular weight is 276 g/mol. The lowest BCUT2D eigenvalue weighted by molar-refractivity contribution is -0.655. The summed E-state index contributed by atoms with van der Waals surface area (Å²) in [7, 11) is 0. The molecule has 1 fully saturated rings. The Kier molecular flexibility index (Phi) is 3.61. The Labute approximate surface area is 107 Å². The summed E-state index contributed by atoms with van der Waals surface area (Å²) in [5, 5.41) is 13.0. The molecule has 1 heterocycles. The zero-order chi connectivity index (χ0) is 14.0. The van der Waals surface area contributed by atoms with Crippen molar-refractivity contribution in [2.45, 2.75) is 6.18 Å². The molecule has 1 saturated heterocycles. The van der Waals surface area contributed by atoms with E-state index in [4.69, 9.17) is 0 Å². The molecule has 0 atom stereocenters. The van der Waals surface area contributed by atoms with Crippen LogP contribution in [0.3, 0.4) is 0 Å². The van der Waals surface area contributed by atoms with Crippen molar-refractivity contribution in [1.29, 1.82) is 0 Å². The Morgan fingerprint density at radius 2 is 1.89 bits per heavy atom. The summed E-state index contributed by atoms with van der Waals surface area (Å²) in [6.45, 7) is 2.73. The van der Waals surface area contributed by atoms with Gasteiger partial charge in [0.2, 0.25) is 0 Å². The molecule has 104 valence electrons. The Balaban J connectivity index is 2.40. The summed E-state index contributed by atoms with van der Waals surface area (Å²) in [5.74, 6) is 0. The number of nitrogens with zero attached hydrogens (tertiary/aromatic N) is 2. The topological polar surface area (TPSA) is 63.0 Å².